The predicted molar refractivity (Wildman–Crippen MR) is 59.5 cm³/mol. The van der Waals surface area contributed by atoms with Gasteiger partial charge in [0, 0.05) is 0 Å². The number of hydrogen-bond acceptors (Lipinski definition) is 3. The van der Waals surface area contributed by atoms with Gasteiger partial charge in [-0.15, -0.1) is 0 Å². The van der Waals surface area contributed by atoms with Crippen molar-refractivity contribution in [2.24, 2.45) is 0 Å². The van der Waals surface area contributed by atoms with Crippen LogP contribution in [0.2, 0.25) is 0 Å². The van der Waals surface area contributed by atoms with Crippen LogP contribution >= 0.6 is 0 Å². The summed E-state index contributed by atoms with van der Waals surface area (Å²) in [6.45, 7) is 0. The Morgan fingerprint density at radius 3 is 2.50 bits per heavy atom. The summed E-state index contributed by atoms with van der Waals surface area (Å²) in [5.74, 6) is -0.455. The van der Waals surface area contributed by atoms with Crippen molar-refractivity contribution in [1.29, 1.82) is 0 Å². The molecule has 0 fully saturated rings. The Balaban J connectivity index is 2.48. The predicted octanol–water partition coefficient (Wildman–Crippen LogP) is 1.44. The molecule has 0 aliphatic heterocycles. The van der Waals surface area contributed by atoms with E-state index in [1.165, 1.54) is 6.07 Å². The minimum atomic E-state index is -0.953. The molecule has 0 heterocycles. The third-order valence-electron chi connectivity index (χ3n) is 2.25. The summed E-state index contributed by atoms with van der Waals surface area (Å²) in [7, 11) is 0.604. The lowest BCUT2D eigenvalue weighted by Gasteiger charge is -2.04. The lowest BCUT2D eigenvalue weighted by Crippen LogP contribution is -1.99. The summed E-state index contributed by atoms with van der Waals surface area (Å²) in [6, 6.07) is 9.92. The van der Waals surface area contributed by atoms with E-state index in [1.54, 1.807) is 30.3 Å². The quantitative estimate of drug-likeness (QED) is 0.760. The molecule has 0 aliphatic rings. The van der Waals surface area contributed by atoms with Crippen molar-refractivity contribution in [1.82, 2.24) is 0 Å². The first kappa shape index (κ1) is 10.5. The van der Waals surface area contributed by atoms with E-state index in [4.69, 9.17) is 14.8 Å². The number of benzene rings is 2. The van der Waals surface area contributed by atoms with Crippen LogP contribution < -0.4 is 4.65 Å². The van der Waals surface area contributed by atoms with Crippen LogP contribution in [0.5, 0.6) is 5.75 Å². The van der Waals surface area contributed by atoms with Crippen molar-refractivity contribution < 1.29 is 19.6 Å². The first-order valence-electron chi connectivity index (χ1n) is 4.60. The van der Waals surface area contributed by atoms with Gasteiger partial charge in [-0.05, 0) is 35.0 Å². The highest BCUT2D eigenvalue weighted by Crippen LogP contribution is 2.21. The van der Waals surface area contributed by atoms with Crippen LogP contribution in [0.15, 0.2) is 36.4 Å². The Bertz CT molecular complexity index is 538. The number of carboxylic acids is 1. The standard InChI is InChI=1S/C11H8BO4/c13-11(14)9-2-1-8-6-10(16-12-15)4-3-7(8)5-9/h1-6,15H,(H,13,14). The Morgan fingerprint density at radius 2 is 1.81 bits per heavy atom. The van der Waals surface area contributed by atoms with Crippen LogP contribution in [-0.4, -0.2) is 23.8 Å². The average molecular weight is 215 g/mol. The molecule has 79 valence electrons. The Hall–Kier alpha value is -2.01. The van der Waals surface area contributed by atoms with Gasteiger partial charge in [-0.2, -0.15) is 0 Å². The van der Waals surface area contributed by atoms with Gasteiger partial charge in [0.25, 0.3) is 0 Å². The van der Waals surface area contributed by atoms with Gasteiger partial charge in [-0.25, -0.2) is 4.79 Å². The van der Waals surface area contributed by atoms with Gasteiger partial charge in [-0.3, -0.25) is 0 Å². The van der Waals surface area contributed by atoms with E-state index >= 15 is 0 Å². The highest BCUT2D eigenvalue weighted by Gasteiger charge is 2.04. The Morgan fingerprint density at radius 1 is 1.12 bits per heavy atom. The van der Waals surface area contributed by atoms with Gasteiger partial charge in [0.2, 0.25) is 0 Å². The van der Waals surface area contributed by atoms with E-state index in [0.29, 0.717) is 13.4 Å². The molecule has 2 rings (SSSR count). The largest absolute Gasteiger partial charge is 0.569 e. The molecule has 0 aliphatic carbocycles. The van der Waals surface area contributed by atoms with Crippen LogP contribution in [-0.2, 0) is 0 Å². The number of hydrogen-bond donors (Lipinski definition) is 2. The molecule has 2 aromatic carbocycles. The van der Waals surface area contributed by atoms with Crippen molar-refractivity contribution in [2.45, 2.75) is 0 Å². The maximum atomic E-state index is 10.8. The molecule has 2 aromatic rings. The summed E-state index contributed by atoms with van der Waals surface area (Å²) in [5, 5.41) is 19.0. The van der Waals surface area contributed by atoms with E-state index in [2.05, 4.69) is 0 Å². The molecule has 0 bridgehead atoms. The fourth-order valence-electron chi connectivity index (χ4n) is 1.49. The molecule has 0 spiro atoms. The summed E-state index contributed by atoms with van der Waals surface area (Å²) in [5.41, 5.74) is 0.245. The highest BCUT2D eigenvalue weighted by molar-refractivity contribution is 6.17. The SMILES string of the molecule is O=C(O)c1ccc2cc(O[B]O)ccc2c1. The lowest BCUT2D eigenvalue weighted by atomic mass is 10.1. The van der Waals surface area contributed by atoms with Gasteiger partial charge in [0.1, 0.15) is 5.75 Å². The highest BCUT2D eigenvalue weighted by atomic mass is 16.5. The zero-order chi connectivity index (χ0) is 11.5. The Kier molecular flexibility index (Phi) is 2.79. The molecule has 4 nitrogen and oxygen atoms in total. The van der Waals surface area contributed by atoms with Crippen molar-refractivity contribution >= 4 is 24.4 Å². The zero-order valence-corrected chi connectivity index (χ0v) is 8.25. The Labute approximate surface area is 92.4 Å². The van der Waals surface area contributed by atoms with Gasteiger partial charge in [0.15, 0.2) is 0 Å². The fourth-order valence-corrected chi connectivity index (χ4v) is 1.49. The van der Waals surface area contributed by atoms with E-state index in [1.807, 2.05) is 0 Å². The van der Waals surface area contributed by atoms with Crippen molar-refractivity contribution in [2.75, 3.05) is 0 Å². The second-order valence-electron chi connectivity index (χ2n) is 3.25. The monoisotopic (exact) mass is 215 g/mol. The minimum Gasteiger partial charge on any atom is -0.537 e. The smallest absolute Gasteiger partial charge is 0.537 e. The van der Waals surface area contributed by atoms with Gasteiger partial charge >= 0.3 is 13.7 Å². The van der Waals surface area contributed by atoms with E-state index in [9.17, 15) is 4.79 Å². The number of rotatable bonds is 3. The minimum absolute atomic E-state index is 0.245. The molecule has 2 N–H and O–H groups in total. The van der Waals surface area contributed by atoms with Gasteiger partial charge in [-0.1, -0.05) is 12.1 Å². The number of fused-ring (bicyclic) bond motifs is 1. The third-order valence-corrected chi connectivity index (χ3v) is 2.25. The molecule has 0 aromatic heterocycles. The first-order valence-corrected chi connectivity index (χ1v) is 4.60. The molecular weight excluding hydrogens is 207 g/mol. The lowest BCUT2D eigenvalue weighted by molar-refractivity contribution is 0.0697. The summed E-state index contributed by atoms with van der Waals surface area (Å²) < 4.78 is 4.81. The van der Waals surface area contributed by atoms with Gasteiger partial charge in [0.05, 0.1) is 5.56 Å². The molecule has 5 heteroatoms. The normalized spacial score (nSPS) is 10.1. The van der Waals surface area contributed by atoms with E-state index in [-0.39, 0.29) is 5.56 Å². The topological polar surface area (TPSA) is 66.8 Å². The summed E-state index contributed by atoms with van der Waals surface area (Å²) in [6.07, 6.45) is 0. The van der Waals surface area contributed by atoms with Crippen molar-refractivity contribution in [3.05, 3.63) is 42.0 Å². The average Bonchev–Trinajstić information content (AvgIpc) is 2.28. The van der Waals surface area contributed by atoms with Crippen LogP contribution in [0, 0.1) is 0 Å². The maximum absolute atomic E-state index is 10.8. The molecule has 0 amide bonds. The maximum Gasteiger partial charge on any atom is 0.569 e. The molecule has 1 radical (unpaired) electrons. The first-order chi connectivity index (χ1) is 7.70. The van der Waals surface area contributed by atoms with Crippen LogP contribution in [0.3, 0.4) is 0 Å². The second-order valence-corrected chi connectivity index (χ2v) is 3.25. The molecule has 0 saturated heterocycles. The summed E-state index contributed by atoms with van der Waals surface area (Å²) in [4.78, 5) is 10.8. The fraction of sp³-hybridized carbons (Fsp3) is 0. The molecule has 0 atom stereocenters. The molecule has 16 heavy (non-hydrogen) atoms. The number of carboxylic acid groups (broad SMARTS) is 1. The second kappa shape index (κ2) is 4.24. The van der Waals surface area contributed by atoms with Crippen LogP contribution in [0.25, 0.3) is 10.8 Å². The van der Waals surface area contributed by atoms with Crippen LogP contribution in [0.1, 0.15) is 10.4 Å². The third kappa shape index (κ3) is 1.99. The molecular formula is C11H8BO4. The van der Waals surface area contributed by atoms with Crippen LogP contribution in [0.4, 0.5) is 0 Å². The zero-order valence-electron chi connectivity index (χ0n) is 8.25. The van der Waals surface area contributed by atoms with E-state index < -0.39 is 5.97 Å². The number of carbonyl (C=O) groups is 1. The molecule has 0 saturated carbocycles. The van der Waals surface area contributed by atoms with Crippen molar-refractivity contribution in [3.8, 4) is 5.75 Å². The summed E-state index contributed by atoms with van der Waals surface area (Å²) >= 11 is 0. The van der Waals surface area contributed by atoms with Crippen molar-refractivity contribution in [3.63, 3.8) is 0 Å². The number of aromatic carboxylic acids is 1. The van der Waals surface area contributed by atoms with E-state index in [0.717, 1.165) is 10.8 Å². The molecule has 0 unspecified atom stereocenters. The van der Waals surface area contributed by atoms with Gasteiger partial charge < -0.3 is 14.8 Å².